The molecule has 0 fully saturated rings. The quantitative estimate of drug-likeness (QED) is 0.805. The van der Waals surface area contributed by atoms with E-state index in [1.54, 1.807) is 19.4 Å². The molecule has 0 aliphatic heterocycles. The topological polar surface area (TPSA) is 71.2 Å². The Morgan fingerprint density at radius 1 is 1.27 bits per heavy atom. The van der Waals surface area contributed by atoms with Crippen LogP contribution in [0.2, 0.25) is 0 Å². The molecule has 2 rings (SSSR count). The predicted octanol–water partition coefficient (Wildman–Crippen LogP) is 3.11. The number of benzene rings is 1. The van der Waals surface area contributed by atoms with Crippen LogP contribution in [0.15, 0.2) is 36.5 Å². The normalized spacial score (nSPS) is 11.8. The van der Waals surface area contributed by atoms with Gasteiger partial charge < -0.3 is 15.0 Å². The van der Waals surface area contributed by atoms with Gasteiger partial charge in [0, 0.05) is 11.8 Å². The van der Waals surface area contributed by atoms with Gasteiger partial charge in [0.15, 0.2) is 5.78 Å². The minimum absolute atomic E-state index is 0.0718. The minimum atomic E-state index is -0.227. The van der Waals surface area contributed by atoms with Crippen molar-refractivity contribution in [3.05, 3.63) is 53.3 Å². The Hall–Kier alpha value is -2.56. The first-order valence-electron chi connectivity index (χ1n) is 7.19. The number of amides is 1. The third-order valence-corrected chi connectivity index (χ3v) is 3.57. The van der Waals surface area contributed by atoms with Crippen molar-refractivity contribution in [1.29, 1.82) is 0 Å². The molecule has 1 aromatic heterocycles. The second-order valence-corrected chi connectivity index (χ2v) is 5.07. The lowest BCUT2D eigenvalue weighted by atomic mass is 10.0. The Bertz CT molecular complexity index is 659. The fourth-order valence-electron chi connectivity index (χ4n) is 2.22. The van der Waals surface area contributed by atoms with Gasteiger partial charge in [-0.3, -0.25) is 9.59 Å². The van der Waals surface area contributed by atoms with Gasteiger partial charge in [-0.15, -0.1) is 0 Å². The van der Waals surface area contributed by atoms with Gasteiger partial charge in [0.2, 0.25) is 0 Å². The van der Waals surface area contributed by atoms with Crippen molar-refractivity contribution >= 4 is 11.7 Å². The van der Waals surface area contributed by atoms with E-state index in [1.807, 2.05) is 31.2 Å². The summed E-state index contributed by atoms with van der Waals surface area (Å²) < 4.78 is 5.13. The van der Waals surface area contributed by atoms with Crippen LogP contribution in [-0.4, -0.2) is 23.8 Å². The average molecular weight is 300 g/mol. The zero-order chi connectivity index (χ0) is 16.1. The number of aromatic amines is 1. The number of nitrogens with one attached hydrogen (secondary N) is 2. The minimum Gasteiger partial charge on any atom is -0.497 e. The van der Waals surface area contributed by atoms with Crippen LogP contribution >= 0.6 is 0 Å². The molecule has 0 bridgehead atoms. The zero-order valence-corrected chi connectivity index (χ0v) is 13.0. The molecule has 0 saturated heterocycles. The van der Waals surface area contributed by atoms with Crippen LogP contribution in [0.25, 0.3) is 0 Å². The number of carbonyl (C=O) groups is 2. The number of carbonyl (C=O) groups excluding carboxylic acids is 2. The van der Waals surface area contributed by atoms with E-state index in [-0.39, 0.29) is 17.7 Å². The van der Waals surface area contributed by atoms with Crippen LogP contribution in [0.4, 0.5) is 0 Å². The van der Waals surface area contributed by atoms with Gasteiger partial charge >= 0.3 is 0 Å². The molecule has 5 nitrogen and oxygen atoms in total. The molecular weight excluding hydrogens is 280 g/mol. The zero-order valence-electron chi connectivity index (χ0n) is 13.0. The second-order valence-electron chi connectivity index (χ2n) is 5.07. The number of H-pyrrole nitrogens is 1. The van der Waals surface area contributed by atoms with Crippen LogP contribution in [0, 0.1) is 0 Å². The summed E-state index contributed by atoms with van der Waals surface area (Å²) in [6.45, 7) is 3.47. The summed E-state index contributed by atoms with van der Waals surface area (Å²) in [5, 5.41) is 2.97. The number of rotatable bonds is 6. The molecular formula is C17H20N2O3. The predicted molar refractivity (Wildman–Crippen MR) is 84.3 cm³/mol. The summed E-state index contributed by atoms with van der Waals surface area (Å²) >= 11 is 0. The highest BCUT2D eigenvalue weighted by atomic mass is 16.5. The Kier molecular flexibility index (Phi) is 4.99. The molecule has 1 heterocycles. The highest BCUT2D eigenvalue weighted by Crippen LogP contribution is 2.20. The monoisotopic (exact) mass is 300 g/mol. The molecule has 1 unspecified atom stereocenters. The standard InChI is InChI=1S/C17H20N2O3/c1-4-15(12-5-7-14(22-3)8-6-12)19-17(21)16-9-13(10-18-16)11(2)20/h5-10,15,18H,4H2,1-3H3,(H,19,21). The number of ether oxygens (including phenoxy) is 1. The molecule has 2 N–H and O–H groups in total. The summed E-state index contributed by atoms with van der Waals surface area (Å²) in [7, 11) is 1.62. The summed E-state index contributed by atoms with van der Waals surface area (Å²) in [4.78, 5) is 26.4. The lowest BCUT2D eigenvalue weighted by Crippen LogP contribution is -2.28. The van der Waals surface area contributed by atoms with Gasteiger partial charge in [-0.25, -0.2) is 0 Å². The highest BCUT2D eigenvalue weighted by molar-refractivity contribution is 5.99. The van der Waals surface area contributed by atoms with E-state index >= 15 is 0 Å². The Morgan fingerprint density at radius 2 is 1.95 bits per heavy atom. The Morgan fingerprint density at radius 3 is 2.45 bits per heavy atom. The lowest BCUT2D eigenvalue weighted by molar-refractivity contribution is 0.0931. The first kappa shape index (κ1) is 15.8. The van der Waals surface area contributed by atoms with Crippen molar-refractivity contribution in [3.63, 3.8) is 0 Å². The fraction of sp³-hybridized carbons (Fsp3) is 0.294. The number of aromatic nitrogens is 1. The van der Waals surface area contributed by atoms with E-state index in [1.165, 1.54) is 6.92 Å². The summed E-state index contributed by atoms with van der Waals surface area (Å²) in [5.74, 6) is 0.480. The molecule has 0 aliphatic rings. The maximum atomic E-state index is 12.3. The maximum Gasteiger partial charge on any atom is 0.268 e. The lowest BCUT2D eigenvalue weighted by Gasteiger charge is -2.17. The van der Waals surface area contributed by atoms with Crippen LogP contribution in [-0.2, 0) is 0 Å². The van der Waals surface area contributed by atoms with E-state index in [0.717, 1.165) is 17.7 Å². The van der Waals surface area contributed by atoms with Crippen molar-refractivity contribution in [3.8, 4) is 5.75 Å². The molecule has 0 spiro atoms. The molecule has 1 atom stereocenters. The first-order valence-corrected chi connectivity index (χ1v) is 7.19. The van der Waals surface area contributed by atoms with E-state index in [4.69, 9.17) is 4.74 Å². The van der Waals surface area contributed by atoms with E-state index in [0.29, 0.717) is 11.3 Å². The summed E-state index contributed by atoms with van der Waals surface area (Å²) in [5.41, 5.74) is 1.90. The molecule has 5 heteroatoms. The van der Waals surface area contributed by atoms with E-state index < -0.39 is 0 Å². The summed E-state index contributed by atoms with van der Waals surface area (Å²) in [6.07, 6.45) is 2.31. The maximum absolute atomic E-state index is 12.3. The van der Waals surface area contributed by atoms with Gasteiger partial charge in [0.25, 0.3) is 5.91 Å². The molecule has 2 aromatic rings. The third-order valence-electron chi connectivity index (χ3n) is 3.57. The van der Waals surface area contributed by atoms with Gasteiger partial charge in [0.1, 0.15) is 11.4 Å². The number of hydrogen-bond donors (Lipinski definition) is 2. The SMILES string of the molecule is CCC(NC(=O)c1cc(C(C)=O)c[nH]1)c1ccc(OC)cc1. The second kappa shape index (κ2) is 6.93. The van der Waals surface area contributed by atoms with Crippen LogP contribution < -0.4 is 10.1 Å². The first-order chi connectivity index (χ1) is 10.5. The van der Waals surface area contributed by atoms with E-state index in [2.05, 4.69) is 10.3 Å². The van der Waals surface area contributed by atoms with Gasteiger partial charge in [-0.1, -0.05) is 19.1 Å². The molecule has 116 valence electrons. The molecule has 0 radical (unpaired) electrons. The van der Waals surface area contributed by atoms with Gasteiger partial charge in [-0.2, -0.15) is 0 Å². The molecule has 1 amide bonds. The van der Waals surface area contributed by atoms with Gasteiger partial charge in [0.05, 0.1) is 13.2 Å². The number of hydrogen-bond acceptors (Lipinski definition) is 3. The third kappa shape index (κ3) is 3.55. The number of ketones is 1. The Labute approximate surface area is 129 Å². The van der Waals surface area contributed by atoms with Crippen LogP contribution in [0.5, 0.6) is 5.75 Å². The van der Waals surface area contributed by atoms with Gasteiger partial charge in [-0.05, 0) is 37.1 Å². The van der Waals surface area contributed by atoms with E-state index in [9.17, 15) is 9.59 Å². The molecule has 22 heavy (non-hydrogen) atoms. The van der Waals surface area contributed by atoms with Crippen LogP contribution in [0.3, 0.4) is 0 Å². The average Bonchev–Trinajstić information content (AvgIpc) is 3.03. The molecule has 0 aliphatic carbocycles. The van der Waals surface area contributed by atoms with Crippen molar-refractivity contribution < 1.29 is 14.3 Å². The van der Waals surface area contributed by atoms with Crippen molar-refractivity contribution in [2.75, 3.05) is 7.11 Å². The number of Topliss-reactive ketones (excluding diaryl/α,β-unsaturated/α-hetero) is 1. The molecule has 1 aromatic carbocycles. The summed E-state index contributed by atoms with van der Waals surface area (Å²) in [6, 6.07) is 9.08. The highest BCUT2D eigenvalue weighted by Gasteiger charge is 2.16. The largest absolute Gasteiger partial charge is 0.497 e. The number of methoxy groups -OCH3 is 1. The van der Waals surface area contributed by atoms with Crippen molar-refractivity contribution in [2.24, 2.45) is 0 Å². The van der Waals surface area contributed by atoms with Crippen molar-refractivity contribution in [1.82, 2.24) is 10.3 Å². The van der Waals surface area contributed by atoms with Crippen LogP contribution in [0.1, 0.15) is 52.7 Å². The Balaban J connectivity index is 2.10. The fourth-order valence-corrected chi connectivity index (χ4v) is 2.22. The molecule has 0 saturated carbocycles. The smallest absolute Gasteiger partial charge is 0.268 e. The van der Waals surface area contributed by atoms with Crippen molar-refractivity contribution in [2.45, 2.75) is 26.3 Å².